The molecule has 35 heavy (non-hydrogen) atoms. The van der Waals surface area contributed by atoms with Crippen LogP contribution in [0.15, 0.2) is 30.3 Å². The summed E-state index contributed by atoms with van der Waals surface area (Å²) in [4.78, 5) is 0. The van der Waals surface area contributed by atoms with E-state index >= 15 is 0 Å². The van der Waals surface area contributed by atoms with E-state index in [0.29, 0.717) is 0 Å². The number of benzene rings is 2. The number of hydrogen-bond donors (Lipinski definition) is 1. The lowest BCUT2D eigenvalue weighted by molar-refractivity contribution is 0.449. The van der Waals surface area contributed by atoms with Crippen molar-refractivity contribution in [3.63, 3.8) is 0 Å². The van der Waals surface area contributed by atoms with E-state index in [-0.39, 0.29) is 10.8 Å². The van der Waals surface area contributed by atoms with Gasteiger partial charge in [0.15, 0.2) is 0 Å². The summed E-state index contributed by atoms with van der Waals surface area (Å²) in [6.07, 6.45) is 13.5. The number of anilines is 2. The Morgan fingerprint density at radius 3 is 1.49 bits per heavy atom. The van der Waals surface area contributed by atoms with Gasteiger partial charge in [-0.3, -0.25) is 0 Å². The lowest BCUT2D eigenvalue weighted by Gasteiger charge is -2.29. The summed E-state index contributed by atoms with van der Waals surface area (Å²) < 4.78 is 0. The number of unbranched alkanes of at least 4 members (excludes halogenated alkanes) is 4. The number of aryl methyl sites for hydroxylation is 3. The van der Waals surface area contributed by atoms with Crippen molar-refractivity contribution >= 4 is 11.4 Å². The first-order chi connectivity index (χ1) is 16.6. The van der Waals surface area contributed by atoms with Gasteiger partial charge in [0.25, 0.3) is 0 Å². The topological polar surface area (TPSA) is 12.0 Å². The predicted molar refractivity (Wildman–Crippen MR) is 159 cm³/mol. The van der Waals surface area contributed by atoms with Gasteiger partial charge in [-0.15, -0.1) is 0 Å². The highest BCUT2D eigenvalue weighted by molar-refractivity contribution is 5.71. The molecule has 0 amide bonds. The van der Waals surface area contributed by atoms with Gasteiger partial charge in [0, 0.05) is 11.4 Å². The van der Waals surface area contributed by atoms with Gasteiger partial charge in [-0.05, 0) is 76.8 Å². The highest BCUT2D eigenvalue weighted by Crippen LogP contribution is 2.38. The molecule has 0 bridgehead atoms. The van der Waals surface area contributed by atoms with Crippen molar-refractivity contribution in [2.45, 2.75) is 144 Å². The molecule has 0 saturated carbocycles. The highest BCUT2D eigenvalue weighted by atomic mass is 14.9. The minimum absolute atomic E-state index is 0.223. The van der Waals surface area contributed by atoms with Gasteiger partial charge in [0.1, 0.15) is 0 Å². The van der Waals surface area contributed by atoms with Crippen LogP contribution in [0.25, 0.3) is 0 Å². The zero-order chi connectivity index (χ0) is 26.1. The Hall–Kier alpha value is -1.76. The fourth-order valence-electron chi connectivity index (χ4n) is 5.36. The van der Waals surface area contributed by atoms with Gasteiger partial charge < -0.3 is 5.32 Å². The molecule has 0 atom stereocenters. The van der Waals surface area contributed by atoms with E-state index in [2.05, 4.69) is 98.0 Å². The van der Waals surface area contributed by atoms with E-state index in [0.717, 1.165) is 19.3 Å². The molecule has 2 rings (SSSR count). The maximum absolute atomic E-state index is 3.92. The first-order valence-electron chi connectivity index (χ1n) is 14.7. The van der Waals surface area contributed by atoms with Crippen LogP contribution in [0.1, 0.15) is 141 Å². The van der Waals surface area contributed by atoms with E-state index in [4.69, 9.17) is 0 Å². The van der Waals surface area contributed by atoms with Gasteiger partial charge >= 0.3 is 0 Å². The summed E-state index contributed by atoms with van der Waals surface area (Å²) in [5, 5.41) is 3.92. The standard InChI is InChI=1S/C34H55N/c1-10-15-17-21-33(6,7)29-19-20-31(26(12-3)23-29)35-32-27(13-4)24-30(25-28(32)14-5)34(8,9)22-18-16-11-2/h19-20,23-25,35H,10-18,21-22H2,1-9H3. The summed E-state index contributed by atoms with van der Waals surface area (Å²) in [7, 11) is 0. The molecule has 0 heterocycles. The molecular weight excluding hydrogens is 422 g/mol. The zero-order valence-corrected chi connectivity index (χ0v) is 24.7. The van der Waals surface area contributed by atoms with Crippen molar-refractivity contribution in [2.24, 2.45) is 0 Å². The maximum atomic E-state index is 3.92. The molecule has 0 aliphatic carbocycles. The molecule has 0 aromatic heterocycles. The van der Waals surface area contributed by atoms with Crippen molar-refractivity contribution in [1.29, 1.82) is 0 Å². The van der Waals surface area contributed by atoms with Crippen LogP contribution in [0.5, 0.6) is 0 Å². The number of nitrogens with one attached hydrogen (secondary N) is 1. The fraction of sp³-hybridized carbons (Fsp3) is 0.647. The first kappa shape index (κ1) is 29.5. The van der Waals surface area contributed by atoms with Crippen LogP contribution in [0.3, 0.4) is 0 Å². The van der Waals surface area contributed by atoms with Crippen molar-refractivity contribution in [2.75, 3.05) is 5.32 Å². The monoisotopic (exact) mass is 477 g/mol. The Bertz CT molecular complexity index is 893. The van der Waals surface area contributed by atoms with Crippen molar-refractivity contribution in [3.8, 4) is 0 Å². The van der Waals surface area contributed by atoms with Crippen LogP contribution in [0.2, 0.25) is 0 Å². The van der Waals surface area contributed by atoms with Gasteiger partial charge in [-0.25, -0.2) is 0 Å². The first-order valence-corrected chi connectivity index (χ1v) is 14.7. The molecule has 1 N–H and O–H groups in total. The Morgan fingerprint density at radius 1 is 0.571 bits per heavy atom. The Labute approximate surface area is 218 Å². The molecule has 196 valence electrons. The summed E-state index contributed by atoms with van der Waals surface area (Å²) >= 11 is 0. The lowest BCUT2D eigenvalue weighted by atomic mass is 9.78. The summed E-state index contributed by atoms with van der Waals surface area (Å²) in [5.41, 5.74) is 10.4. The largest absolute Gasteiger partial charge is 0.355 e. The molecule has 0 fully saturated rings. The molecule has 2 aromatic rings. The smallest absolute Gasteiger partial charge is 0.0449 e. The maximum Gasteiger partial charge on any atom is 0.0449 e. The molecule has 0 aliphatic rings. The van der Waals surface area contributed by atoms with Crippen LogP contribution < -0.4 is 5.32 Å². The molecule has 0 saturated heterocycles. The third-order valence-corrected chi connectivity index (χ3v) is 8.18. The SMILES string of the molecule is CCCCCC(C)(C)c1ccc(Nc2c(CC)cc(C(C)(C)CCCCC)cc2CC)c(CC)c1. The quantitative estimate of drug-likeness (QED) is 0.251. The van der Waals surface area contributed by atoms with Crippen LogP contribution in [0, 0.1) is 0 Å². The minimum atomic E-state index is 0.223. The second-order valence-corrected chi connectivity index (χ2v) is 11.9. The van der Waals surface area contributed by atoms with Crippen molar-refractivity contribution < 1.29 is 0 Å². The van der Waals surface area contributed by atoms with Crippen LogP contribution in [-0.2, 0) is 30.1 Å². The van der Waals surface area contributed by atoms with Crippen molar-refractivity contribution in [3.05, 3.63) is 58.1 Å². The fourth-order valence-corrected chi connectivity index (χ4v) is 5.36. The van der Waals surface area contributed by atoms with Crippen LogP contribution in [0.4, 0.5) is 11.4 Å². The van der Waals surface area contributed by atoms with E-state index in [1.807, 2.05) is 0 Å². The average molecular weight is 478 g/mol. The second-order valence-electron chi connectivity index (χ2n) is 11.9. The Morgan fingerprint density at radius 2 is 1.03 bits per heavy atom. The Kier molecular flexibility index (Phi) is 11.4. The molecule has 1 nitrogen and oxygen atoms in total. The van der Waals surface area contributed by atoms with Gasteiger partial charge in [-0.1, -0.05) is 125 Å². The molecular formula is C34H55N. The molecule has 2 aromatic carbocycles. The lowest BCUT2D eigenvalue weighted by Crippen LogP contribution is -2.19. The zero-order valence-electron chi connectivity index (χ0n) is 24.7. The van der Waals surface area contributed by atoms with Gasteiger partial charge in [0.2, 0.25) is 0 Å². The van der Waals surface area contributed by atoms with E-state index in [9.17, 15) is 0 Å². The molecule has 0 aliphatic heterocycles. The Balaban J connectivity index is 2.39. The highest BCUT2D eigenvalue weighted by Gasteiger charge is 2.24. The molecule has 1 heteroatoms. The molecule has 0 unspecified atom stereocenters. The number of hydrogen-bond acceptors (Lipinski definition) is 1. The summed E-state index contributed by atoms with van der Waals surface area (Å²) in [5.74, 6) is 0. The normalized spacial score (nSPS) is 12.3. The van der Waals surface area contributed by atoms with E-state index in [1.165, 1.54) is 90.6 Å². The summed E-state index contributed by atoms with van der Waals surface area (Å²) in [6.45, 7) is 21.2. The summed E-state index contributed by atoms with van der Waals surface area (Å²) in [6, 6.07) is 12.2. The van der Waals surface area contributed by atoms with Crippen LogP contribution in [-0.4, -0.2) is 0 Å². The molecule has 0 radical (unpaired) electrons. The third-order valence-electron chi connectivity index (χ3n) is 8.18. The predicted octanol–water partition coefficient (Wildman–Crippen LogP) is 10.8. The van der Waals surface area contributed by atoms with E-state index in [1.54, 1.807) is 0 Å². The van der Waals surface area contributed by atoms with Crippen molar-refractivity contribution in [1.82, 2.24) is 0 Å². The second kappa shape index (κ2) is 13.5. The van der Waals surface area contributed by atoms with Gasteiger partial charge in [0.05, 0.1) is 0 Å². The van der Waals surface area contributed by atoms with E-state index < -0.39 is 0 Å². The van der Waals surface area contributed by atoms with Crippen LogP contribution >= 0.6 is 0 Å². The van der Waals surface area contributed by atoms with Gasteiger partial charge in [-0.2, -0.15) is 0 Å². The minimum Gasteiger partial charge on any atom is -0.355 e. The molecule has 0 spiro atoms. The number of rotatable bonds is 15. The third kappa shape index (κ3) is 7.86. The average Bonchev–Trinajstić information content (AvgIpc) is 2.84.